The van der Waals surface area contributed by atoms with Crippen LogP contribution in [0.15, 0.2) is 12.1 Å². The standard InChI is InChI=1S/C17H25ClO2/c1-11(10-17(2,3)4)7-15(19)14-9-13(18)8-12-5-6-20-16(12)14/h8-9,11,15,19H,5-7,10H2,1-4H3. The van der Waals surface area contributed by atoms with E-state index in [-0.39, 0.29) is 5.41 Å². The number of hydrogen-bond donors (Lipinski definition) is 1. The molecule has 1 aromatic rings. The van der Waals surface area contributed by atoms with E-state index in [1.54, 1.807) is 0 Å². The highest BCUT2D eigenvalue weighted by atomic mass is 35.5. The molecule has 0 radical (unpaired) electrons. The van der Waals surface area contributed by atoms with E-state index in [0.29, 0.717) is 17.5 Å². The maximum absolute atomic E-state index is 10.5. The van der Waals surface area contributed by atoms with E-state index in [0.717, 1.165) is 36.1 Å². The van der Waals surface area contributed by atoms with E-state index in [1.165, 1.54) is 0 Å². The second-order valence-electron chi connectivity index (χ2n) is 7.20. The summed E-state index contributed by atoms with van der Waals surface area (Å²) < 4.78 is 5.67. The van der Waals surface area contributed by atoms with Crippen molar-refractivity contribution in [2.45, 2.75) is 53.1 Å². The van der Waals surface area contributed by atoms with Gasteiger partial charge in [-0.3, -0.25) is 0 Å². The van der Waals surface area contributed by atoms with E-state index in [2.05, 4.69) is 27.7 Å². The molecule has 0 fully saturated rings. The molecule has 1 heterocycles. The van der Waals surface area contributed by atoms with Crippen molar-refractivity contribution < 1.29 is 9.84 Å². The number of halogens is 1. The molecule has 1 aliphatic rings. The summed E-state index contributed by atoms with van der Waals surface area (Å²) in [4.78, 5) is 0. The fourth-order valence-electron chi connectivity index (χ4n) is 3.18. The van der Waals surface area contributed by atoms with Crippen molar-refractivity contribution in [2.75, 3.05) is 6.61 Å². The Morgan fingerprint density at radius 3 is 2.70 bits per heavy atom. The van der Waals surface area contributed by atoms with Crippen molar-refractivity contribution in [2.24, 2.45) is 11.3 Å². The van der Waals surface area contributed by atoms with Gasteiger partial charge in [-0.05, 0) is 41.9 Å². The topological polar surface area (TPSA) is 29.5 Å². The highest BCUT2D eigenvalue weighted by Gasteiger charge is 2.24. The molecule has 0 aliphatic carbocycles. The molecule has 2 rings (SSSR count). The fraction of sp³-hybridized carbons (Fsp3) is 0.647. The van der Waals surface area contributed by atoms with Crippen molar-refractivity contribution in [1.82, 2.24) is 0 Å². The lowest BCUT2D eigenvalue weighted by atomic mass is 9.82. The number of benzene rings is 1. The van der Waals surface area contributed by atoms with Gasteiger partial charge < -0.3 is 9.84 Å². The zero-order valence-electron chi connectivity index (χ0n) is 12.9. The normalized spacial score (nSPS) is 17.5. The summed E-state index contributed by atoms with van der Waals surface area (Å²) in [5.74, 6) is 1.31. The predicted molar refractivity (Wildman–Crippen MR) is 83.5 cm³/mol. The minimum absolute atomic E-state index is 0.284. The molecule has 0 saturated heterocycles. The molecule has 0 spiro atoms. The minimum atomic E-state index is -0.502. The zero-order valence-corrected chi connectivity index (χ0v) is 13.6. The van der Waals surface area contributed by atoms with Gasteiger partial charge in [-0.2, -0.15) is 0 Å². The Kier molecular flexibility index (Phi) is 4.66. The lowest BCUT2D eigenvalue weighted by Crippen LogP contribution is -2.14. The summed E-state index contributed by atoms with van der Waals surface area (Å²) in [7, 11) is 0. The van der Waals surface area contributed by atoms with Crippen LogP contribution < -0.4 is 4.74 Å². The van der Waals surface area contributed by atoms with Crippen molar-refractivity contribution in [3.63, 3.8) is 0 Å². The Morgan fingerprint density at radius 2 is 2.05 bits per heavy atom. The second-order valence-corrected chi connectivity index (χ2v) is 7.64. The molecule has 112 valence electrons. The zero-order chi connectivity index (χ0) is 14.9. The van der Waals surface area contributed by atoms with Crippen LogP contribution in [0.25, 0.3) is 0 Å². The third-order valence-electron chi connectivity index (χ3n) is 3.72. The number of ether oxygens (including phenoxy) is 1. The molecule has 0 aromatic heterocycles. The van der Waals surface area contributed by atoms with Crippen LogP contribution in [-0.4, -0.2) is 11.7 Å². The van der Waals surface area contributed by atoms with Crippen LogP contribution in [0.4, 0.5) is 0 Å². The molecule has 0 bridgehead atoms. The lowest BCUT2D eigenvalue weighted by molar-refractivity contribution is 0.131. The van der Waals surface area contributed by atoms with E-state index >= 15 is 0 Å². The average molecular weight is 297 g/mol. The Bertz CT molecular complexity index is 477. The first-order valence-electron chi connectivity index (χ1n) is 7.39. The van der Waals surface area contributed by atoms with E-state index in [4.69, 9.17) is 16.3 Å². The maximum Gasteiger partial charge on any atom is 0.128 e. The molecule has 1 aliphatic heterocycles. The van der Waals surface area contributed by atoms with Gasteiger partial charge in [0.05, 0.1) is 12.7 Å². The van der Waals surface area contributed by atoms with E-state index < -0.39 is 6.10 Å². The minimum Gasteiger partial charge on any atom is -0.493 e. The van der Waals surface area contributed by atoms with Crippen LogP contribution in [0.5, 0.6) is 5.75 Å². The van der Waals surface area contributed by atoms with Crippen LogP contribution in [0.3, 0.4) is 0 Å². The third-order valence-corrected chi connectivity index (χ3v) is 3.94. The van der Waals surface area contributed by atoms with Crippen molar-refractivity contribution in [1.29, 1.82) is 0 Å². The molecule has 20 heavy (non-hydrogen) atoms. The smallest absolute Gasteiger partial charge is 0.128 e. The molecular weight excluding hydrogens is 272 g/mol. The number of rotatable bonds is 4. The quantitative estimate of drug-likeness (QED) is 0.867. The van der Waals surface area contributed by atoms with Crippen LogP contribution in [-0.2, 0) is 6.42 Å². The van der Waals surface area contributed by atoms with Crippen molar-refractivity contribution in [3.8, 4) is 5.75 Å². The van der Waals surface area contributed by atoms with Gasteiger partial charge in [0, 0.05) is 17.0 Å². The van der Waals surface area contributed by atoms with Crippen LogP contribution in [0.1, 0.15) is 57.8 Å². The van der Waals surface area contributed by atoms with E-state index in [1.807, 2.05) is 12.1 Å². The number of aliphatic hydroxyl groups excluding tert-OH is 1. The summed E-state index contributed by atoms with van der Waals surface area (Å²) in [5, 5.41) is 11.2. The number of aliphatic hydroxyl groups is 1. The van der Waals surface area contributed by atoms with Crippen LogP contribution in [0.2, 0.25) is 5.02 Å². The summed E-state index contributed by atoms with van der Waals surface area (Å²) in [5.41, 5.74) is 2.26. The Morgan fingerprint density at radius 1 is 1.35 bits per heavy atom. The predicted octanol–water partition coefficient (Wildman–Crippen LogP) is 4.77. The van der Waals surface area contributed by atoms with Gasteiger partial charge in [0.1, 0.15) is 5.75 Å². The number of hydrogen-bond acceptors (Lipinski definition) is 2. The van der Waals surface area contributed by atoms with E-state index in [9.17, 15) is 5.11 Å². The summed E-state index contributed by atoms with van der Waals surface area (Å²) >= 11 is 6.15. The van der Waals surface area contributed by atoms with Gasteiger partial charge in [-0.25, -0.2) is 0 Å². The molecule has 1 aromatic carbocycles. The van der Waals surface area contributed by atoms with Gasteiger partial charge in [-0.1, -0.05) is 39.3 Å². The highest BCUT2D eigenvalue weighted by molar-refractivity contribution is 6.30. The summed E-state index contributed by atoms with van der Waals surface area (Å²) in [6, 6.07) is 3.79. The lowest BCUT2D eigenvalue weighted by Gasteiger charge is -2.25. The first kappa shape index (κ1) is 15.7. The molecule has 1 N–H and O–H groups in total. The molecule has 2 unspecified atom stereocenters. The third kappa shape index (κ3) is 3.89. The van der Waals surface area contributed by atoms with Gasteiger partial charge in [-0.15, -0.1) is 0 Å². The molecular formula is C17H25ClO2. The Balaban J connectivity index is 2.12. The first-order chi connectivity index (χ1) is 9.26. The monoisotopic (exact) mass is 296 g/mol. The average Bonchev–Trinajstić information content (AvgIpc) is 2.72. The van der Waals surface area contributed by atoms with Gasteiger partial charge in [0.25, 0.3) is 0 Å². The molecule has 2 nitrogen and oxygen atoms in total. The van der Waals surface area contributed by atoms with Gasteiger partial charge in [0.2, 0.25) is 0 Å². The first-order valence-corrected chi connectivity index (χ1v) is 7.77. The highest BCUT2D eigenvalue weighted by Crippen LogP contribution is 2.39. The summed E-state index contributed by atoms with van der Waals surface area (Å²) in [6.45, 7) is 9.58. The van der Waals surface area contributed by atoms with Gasteiger partial charge >= 0.3 is 0 Å². The Hall–Kier alpha value is -0.730. The SMILES string of the molecule is CC(CC(O)c1cc(Cl)cc2c1OCC2)CC(C)(C)C. The summed E-state index contributed by atoms with van der Waals surface area (Å²) in [6.07, 6.45) is 2.21. The van der Waals surface area contributed by atoms with Crippen LogP contribution >= 0.6 is 11.6 Å². The van der Waals surface area contributed by atoms with Crippen molar-refractivity contribution in [3.05, 3.63) is 28.3 Å². The van der Waals surface area contributed by atoms with Gasteiger partial charge in [0.15, 0.2) is 0 Å². The van der Waals surface area contributed by atoms with Crippen molar-refractivity contribution >= 4 is 11.6 Å². The Labute approximate surface area is 127 Å². The number of fused-ring (bicyclic) bond motifs is 1. The molecule has 3 heteroatoms. The fourth-order valence-corrected chi connectivity index (χ4v) is 3.43. The molecule has 2 atom stereocenters. The molecule has 0 saturated carbocycles. The van der Waals surface area contributed by atoms with Crippen LogP contribution in [0, 0.1) is 11.3 Å². The molecule has 0 amide bonds. The largest absolute Gasteiger partial charge is 0.493 e. The maximum atomic E-state index is 10.5. The second kappa shape index (κ2) is 5.95.